The lowest BCUT2D eigenvalue weighted by Crippen LogP contribution is -2.14. The average molecular weight is 338 g/mol. The highest BCUT2D eigenvalue weighted by Gasteiger charge is 2.07. The summed E-state index contributed by atoms with van der Waals surface area (Å²) in [7, 11) is 1.58. The van der Waals surface area contributed by atoms with E-state index in [2.05, 4.69) is 21.2 Å². The second-order valence-electron chi connectivity index (χ2n) is 4.21. The van der Waals surface area contributed by atoms with E-state index in [0.29, 0.717) is 15.9 Å². The first-order valence-corrected chi connectivity index (χ1v) is 6.75. The molecule has 2 rings (SSSR count). The summed E-state index contributed by atoms with van der Waals surface area (Å²) in [5.41, 5.74) is 1.40. The fraction of sp³-hybridized carbons (Fsp3) is 0.133. The number of carbonyl (C=O) groups is 1. The minimum absolute atomic E-state index is 0.170. The minimum Gasteiger partial charge on any atom is -0.497 e. The van der Waals surface area contributed by atoms with Gasteiger partial charge in [-0.25, -0.2) is 4.39 Å². The lowest BCUT2D eigenvalue weighted by atomic mass is 10.1. The first kappa shape index (κ1) is 14.5. The van der Waals surface area contributed by atoms with Gasteiger partial charge in [-0.1, -0.05) is 12.1 Å². The van der Waals surface area contributed by atoms with E-state index >= 15 is 0 Å². The first-order chi connectivity index (χ1) is 9.58. The molecule has 0 aliphatic heterocycles. The summed E-state index contributed by atoms with van der Waals surface area (Å²) in [5, 5.41) is 2.72. The van der Waals surface area contributed by atoms with Gasteiger partial charge in [-0.3, -0.25) is 4.79 Å². The molecule has 0 fully saturated rings. The van der Waals surface area contributed by atoms with Crippen molar-refractivity contribution in [1.29, 1.82) is 0 Å². The average Bonchev–Trinajstić information content (AvgIpc) is 2.43. The maximum absolute atomic E-state index is 13.1. The number of amides is 1. The molecule has 1 N–H and O–H groups in total. The van der Waals surface area contributed by atoms with Crippen LogP contribution < -0.4 is 10.1 Å². The molecule has 0 aliphatic carbocycles. The van der Waals surface area contributed by atoms with Crippen LogP contribution in [0.25, 0.3) is 0 Å². The Kier molecular flexibility index (Phi) is 4.74. The zero-order valence-corrected chi connectivity index (χ0v) is 12.4. The zero-order valence-electron chi connectivity index (χ0n) is 10.8. The van der Waals surface area contributed by atoms with Crippen LogP contribution >= 0.6 is 15.9 Å². The molecule has 5 heteroatoms. The second-order valence-corrected chi connectivity index (χ2v) is 5.06. The van der Waals surface area contributed by atoms with Crippen molar-refractivity contribution < 1.29 is 13.9 Å². The van der Waals surface area contributed by atoms with Crippen LogP contribution in [-0.2, 0) is 11.2 Å². The number of halogens is 2. The smallest absolute Gasteiger partial charge is 0.228 e. The van der Waals surface area contributed by atoms with E-state index < -0.39 is 0 Å². The number of methoxy groups -OCH3 is 1. The van der Waals surface area contributed by atoms with Crippen LogP contribution in [0, 0.1) is 5.82 Å². The third-order valence-corrected chi connectivity index (χ3v) is 3.31. The van der Waals surface area contributed by atoms with E-state index in [0.717, 1.165) is 5.56 Å². The third-order valence-electron chi connectivity index (χ3n) is 2.70. The predicted octanol–water partition coefficient (Wildman–Crippen LogP) is 3.78. The molecule has 0 saturated heterocycles. The Morgan fingerprint density at radius 2 is 2.10 bits per heavy atom. The summed E-state index contributed by atoms with van der Waals surface area (Å²) in [5.74, 6) is 0.174. The topological polar surface area (TPSA) is 38.3 Å². The van der Waals surface area contributed by atoms with Gasteiger partial charge in [0.15, 0.2) is 0 Å². The van der Waals surface area contributed by atoms with Crippen molar-refractivity contribution >= 4 is 27.5 Å². The lowest BCUT2D eigenvalue weighted by molar-refractivity contribution is -0.115. The Labute approximate surface area is 124 Å². The number of rotatable bonds is 4. The molecule has 0 aliphatic rings. The fourth-order valence-electron chi connectivity index (χ4n) is 1.75. The van der Waals surface area contributed by atoms with Gasteiger partial charge in [-0.2, -0.15) is 0 Å². The van der Waals surface area contributed by atoms with Crippen LogP contribution in [0.2, 0.25) is 0 Å². The Hall–Kier alpha value is -1.88. The minimum atomic E-state index is -0.365. The standard InChI is InChI=1S/C15H13BrFNO2/c1-20-12-4-2-3-10(7-12)8-15(19)18-11-5-6-14(17)13(16)9-11/h2-7,9H,8H2,1H3,(H,18,19). The fourth-order valence-corrected chi connectivity index (χ4v) is 2.13. The predicted molar refractivity (Wildman–Crippen MR) is 79.4 cm³/mol. The van der Waals surface area contributed by atoms with Gasteiger partial charge >= 0.3 is 0 Å². The van der Waals surface area contributed by atoms with Crippen molar-refractivity contribution in [3.8, 4) is 5.75 Å². The Morgan fingerprint density at radius 1 is 1.30 bits per heavy atom. The van der Waals surface area contributed by atoms with E-state index in [9.17, 15) is 9.18 Å². The molecule has 1 amide bonds. The molecule has 3 nitrogen and oxygen atoms in total. The van der Waals surface area contributed by atoms with Crippen molar-refractivity contribution in [1.82, 2.24) is 0 Å². The van der Waals surface area contributed by atoms with E-state index in [4.69, 9.17) is 4.74 Å². The number of ether oxygens (including phenoxy) is 1. The van der Waals surface area contributed by atoms with Gasteiger partial charge in [0.05, 0.1) is 18.0 Å². The van der Waals surface area contributed by atoms with Gasteiger partial charge in [0.25, 0.3) is 0 Å². The zero-order chi connectivity index (χ0) is 14.5. The normalized spacial score (nSPS) is 10.2. The van der Waals surface area contributed by atoms with Crippen molar-refractivity contribution in [2.24, 2.45) is 0 Å². The summed E-state index contributed by atoms with van der Waals surface area (Å²) >= 11 is 3.08. The Bertz CT molecular complexity index is 631. The number of benzene rings is 2. The molecule has 0 radical (unpaired) electrons. The molecule has 2 aromatic rings. The molecule has 2 aromatic carbocycles. The molecule has 0 heterocycles. The van der Waals surface area contributed by atoms with Crippen LogP contribution in [0.4, 0.5) is 10.1 Å². The molecular weight excluding hydrogens is 325 g/mol. The molecular formula is C15H13BrFNO2. The Balaban J connectivity index is 2.03. The number of hydrogen-bond acceptors (Lipinski definition) is 2. The number of anilines is 1. The summed E-state index contributed by atoms with van der Waals surface area (Å²) in [6.45, 7) is 0. The van der Waals surface area contributed by atoms with E-state index in [1.54, 1.807) is 13.2 Å². The SMILES string of the molecule is COc1cccc(CC(=O)Nc2ccc(F)c(Br)c2)c1. The van der Waals surface area contributed by atoms with Crippen LogP contribution in [0.1, 0.15) is 5.56 Å². The highest BCUT2D eigenvalue weighted by molar-refractivity contribution is 9.10. The molecule has 0 unspecified atom stereocenters. The van der Waals surface area contributed by atoms with Gasteiger partial charge in [0.2, 0.25) is 5.91 Å². The van der Waals surface area contributed by atoms with Crippen molar-refractivity contribution in [2.45, 2.75) is 6.42 Å². The number of nitrogens with one attached hydrogen (secondary N) is 1. The molecule has 0 spiro atoms. The summed E-state index contributed by atoms with van der Waals surface area (Å²) in [6.07, 6.45) is 0.228. The van der Waals surface area contributed by atoms with Crippen LogP contribution in [-0.4, -0.2) is 13.0 Å². The molecule has 0 aromatic heterocycles. The molecule has 20 heavy (non-hydrogen) atoms. The number of carbonyl (C=O) groups excluding carboxylic acids is 1. The Morgan fingerprint density at radius 3 is 2.80 bits per heavy atom. The molecule has 0 bridgehead atoms. The van der Waals surface area contributed by atoms with Gasteiger partial charge in [-0.05, 0) is 51.8 Å². The molecule has 104 valence electrons. The molecule has 0 atom stereocenters. The van der Waals surface area contributed by atoms with Crippen LogP contribution in [0.15, 0.2) is 46.9 Å². The summed E-state index contributed by atoms with van der Waals surface area (Å²) < 4.78 is 18.5. The highest BCUT2D eigenvalue weighted by atomic mass is 79.9. The summed E-state index contributed by atoms with van der Waals surface area (Å²) in [4.78, 5) is 11.9. The third kappa shape index (κ3) is 3.81. The number of hydrogen-bond donors (Lipinski definition) is 1. The quantitative estimate of drug-likeness (QED) is 0.921. The van der Waals surface area contributed by atoms with Crippen LogP contribution in [0.3, 0.4) is 0 Å². The van der Waals surface area contributed by atoms with E-state index in [1.807, 2.05) is 18.2 Å². The monoisotopic (exact) mass is 337 g/mol. The lowest BCUT2D eigenvalue weighted by Gasteiger charge is -2.07. The maximum Gasteiger partial charge on any atom is 0.228 e. The van der Waals surface area contributed by atoms with E-state index in [1.165, 1.54) is 18.2 Å². The molecule has 0 saturated carbocycles. The van der Waals surface area contributed by atoms with Crippen molar-refractivity contribution in [2.75, 3.05) is 12.4 Å². The second kappa shape index (κ2) is 6.52. The summed E-state index contributed by atoms with van der Waals surface area (Å²) in [6, 6.07) is 11.6. The highest BCUT2D eigenvalue weighted by Crippen LogP contribution is 2.20. The van der Waals surface area contributed by atoms with Crippen molar-refractivity contribution in [3.05, 3.63) is 58.3 Å². The van der Waals surface area contributed by atoms with Gasteiger partial charge in [-0.15, -0.1) is 0 Å². The van der Waals surface area contributed by atoms with Gasteiger partial charge < -0.3 is 10.1 Å². The van der Waals surface area contributed by atoms with Crippen LogP contribution in [0.5, 0.6) is 5.75 Å². The van der Waals surface area contributed by atoms with Crippen molar-refractivity contribution in [3.63, 3.8) is 0 Å². The van der Waals surface area contributed by atoms with Gasteiger partial charge in [0, 0.05) is 5.69 Å². The largest absolute Gasteiger partial charge is 0.497 e. The maximum atomic E-state index is 13.1. The first-order valence-electron chi connectivity index (χ1n) is 5.96. The van der Waals surface area contributed by atoms with E-state index in [-0.39, 0.29) is 18.1 Å². The van der Waals surface area contributed by atoms with Gasteiger partial charge in [0.1, 0.15) is 11.6 Å².